The highest BCUT2D eigenvalue weighted by Crippen LogP contribution is 2.48. The number of piperidine rings is 1. The second-order valence-electron chi connectivity index (χ2n) is 11.2. The minimum atomic E-state index is -0.346. The number of carbonyl (C=O) groups excluding carboxylic acids is 1. The van der Waals surface area contributed by atoms with Crippen molar-refractivity contribution in [2.75, 3.05) is 25.4 Å². The molecule has 0 unspecified atom stereocenters. The molecule has 2 N–H and O–H groups in total. The molecule has 0 aromatic carbocycles. The van der Waals surface area contributed by atoms with Gasteiger partial charge >= 0.3 is 6.09 Å². The van der Waals surface area contributed by atoms with Gasteiger partial charge in [-0.05, 0) is 64.9 Å². The van der Waals surface area contributed by atoms with Gasteiger partial charge in [-0.25, -0.2) is 29.4 Å². The number of hydrogen-bond acceptors (Lipinski definition) is 10. The summed E-state index contributed by atoms with van der Waals surface area (Å²) in [5, 5.41) is 10.0. The smallest absolute Gasteiger partial charge is 0.409 e. The maximum atomic E-state index is 12.1. The van der Waals surface area contributed by atoms with E-state index in [-0.39, 0.29) is 23.5 Å². The van der Waals surface area contributed by atoms with Crippen molar-refractivity contribution in [3.63, 3.8) is 0 Å². The van der Waals surface area contributed by atoms with Crippen molar-refractivity contribution >= 4 is 22.9 Å². The van der Waals surface area contributed by atoms with Gasteiger partial charge in [0.05, 0.1) is 23.1 Å². The van der Waals surface area contributed by atoms with Crippen LogP contribution in [-0.2, 0) is 10.3 Å². The highest BCUT2D eigenvalue weighted by molar-refractivity contribution is 6.00. The second kappa shape index (κ2) is 9.58. The van der Waals surface area contributed by atoms with Crippen LogP contribution in [0.4, 0.5) is 10.6 Å². The molecule has 2 aliphatic rings. The summed E-state index contributed by atoms with van der Waals surface area (Å²) in [6, 6.07) is 0. The summed E-state index contributed by atoms with van der Waals surface area (Å²) in [7, 11) is 0. The average molecular weight is 532 g/mol. The van der Waals surface area contributed by atoms with Crippen molar-refractivity contribution < 1.29 is 14.1 Å². The topological polar surface area (TPSA) is 151 Å². The van der Waals surface area contributed by atoms with Gasteiger partial charge in [0, 0.05) is 31.4 Å². The van der Waals surface area contributed by atoms with Crippen molar-refractivity contribution in [2.45, 2.75) is 70.8 Å². The summed E-state index contributed by atoms with van der Waals surface area (Å²) in [6.45, 7) is 9.67. The maximum Gasteiger partial charge on any atom is 0.409 e. The van der Waals surface area contributed by atoms with E-state index in [2.05, 4.69) is 35.9 Å². The highest BCUT2D eigenvalue weighted by Gasteiger charge is 2.36. The first kappa shape index (κ1) is 25.2. The van der Waals surface area contributed by atoms with Crippen LogP contribution < -0.4 is 5.73 Å². The Hall–Kier alpha value is -4.09. The predicted molar refractivity (Wildman–Crippen MR) is 144 cm³/mol. The zero-order chi connectivity index (χ0) is 27.3. The monoisotopic (exact) mass is 531 g/mol. The third-order valence-corrected chi connectivity index (χ3v) is 7.41. The predicted octanol–water partition coefficient (Wildman–Crippen LogP) is 4.49. The molecule has 1 aliphatic carbocycles. The lowest BCUT2D eigenvalue weighted by molar-refractivity contribution is 0.0970. The Balaban J connectivity index is 1.36. The first-order valence-corrected chi connectivity index (χ1v) is 13.5. The van der Waals surface area contributed by atoms with E-state index in [0.717, 1.165) is 42.6 Å². The molecule has 5 heterocycles. The fraction of sp³-hybridized carbons (Fsp3) is 0.519. The van der Waals surface area contributed by atoms with Crippen LogP contribution in [0.25, 0.3) is 33.8 Å². The Kier molecular flexibility index (Phi) is 6.19. The van der Waals surface area contributed by atoms with E-state index >= 15 is 0 Å². The largest absolute Gasteiger partial charge is 0.450 e. The lowest BCUT2D eigenvalue weighted by atomic mass is 9.91. The fourth-order valence-electron chi connectivity index (χ4n) is 5.20. The number of rotatable bonds is 5. The highest BCUT2D eigenvalue weighted by atomic mass is 16.6. The number of nitrogen functional groups attached to an aromatic ring is 1. The second-order valence-corrected chi connectivity index (χ2v) is 11.2. The Morgan fingerprint density at radius 1 is 1.05 bits per heavy atom. The van der Waals surface area contributed by atoms with Gasteiger partial charge in [0.25, 0.3) is 0 Å². The first-order valence-electron chi connectivity index (χ1n) is 13.5. The normalized spacial score (nSPS) is 16.7. The molecule has 1 saturated heterocycles. The summed E-state index contributed by atoms with van der Waals surface area (Å²) in [5.41, 5.74) is 9.52. The molecule has 0 radical (unpaired) electrons. The number of hydrogen-bond donors (Lipinski definition) is 1. The minimum absolute atomic E-state index is 0.248. The molecule has 0 bridgehead atoms. The third kappa shape index (κ3) is 4.57. The van der Waals surface area contributed by atoms with E-state index < -0.39 is 0 Å². The van der Waals surface area contributed by atoms with Crippen LogP contribution in [0.1, 0.15) is 76.5 Å². The van der Waals surface area contributed by atoms with Gasteiger partial charge in [-0.1, -0.05) is 5.16 Å². The molecule has 1 aliphatic heterocycles. The molecule has 12 heteroatoms. The maximum absolute atomic E-state index is 12.1. The average Bonchev–Trinajstić information content (AvgIpc) is 3.54. The van der Waals surface area contributed by atoms with Gasteiger partial charge in [0.15, 0.2) is 17.2 Å². The number of fused-ring (bicyclic) bond motifs is 1. The summed E-state index contributed by atoms with van der Waals surface area (Å²) >= 11 is 0. The molecule has 1 saturated carbocycles. The van der Waals surface area contributed by atoms with Crippen molar-refractivity contribution in [1.29, 1.82) is 0 Å². The molecule has 6 rings (SSSR count). The molecule has 12 nitrogen and oxygen atoms in total. The molecule has 1 amide bonds. The van der Waals surface area contributed by atoms with Crippen molar-refractivity contribution in [2.24, 2.45) is 0 Å². The molecular weight excluding hydrogens is 498 g/mol. The number of anilines is 1. The lowest BCUT2D eigenvalue weighted by Gasteiger charge is -2.31. The SMILES string of the molecule is CCOC(=O)N1CCC(c2cnc(-c3c(-c4nn(C(C)(C)C)c5ncnc(N)c45)noc3C3CC3)nc2)CC1. The molecule has 4 aromatic heterocycles. The summed E-state index contributed by atoms with van der Waals surface area (Å²) in [5.74, 6) is 2.20. The van der Waals surface area contributed by atoms with Crippen molar-refractivity contribution in [3.8, 4) is 22.8 Å². The van der Waals surface area contributed by atoms with Crippen molar-refractivity contribution in [3.05, 3.63) is 30.0 Å². The van der Waals surface area contributed by atoms with Crippen molar-refractivity contribution in [1.82, 2.24) is 39.8 Å². The molecule has 0 spiro atoms. The molecule has 204 valence electrons. The first-order chi connectivity index (χ1) is 18.8. The summed E-state index contributed by atoms with van der Waals surface area (Å²) < 4.78 is 12.9. The number of nitrogens with two attached hydrogens (primary N) is 1. The summed E-state index contributed by atoms with van der Waals surface area (Å²) in [4.78, 5) is 32.1. The quantitative estimate of drug-likeness (QED) is 0.390. The zero-order valence-corrected chi connectivity index (χ0v) is 22.7. The lowest BCUT2D eigenvalue weighted by Crippen LogP contribution is -2.38. The number of aromatic nitrogens is 7. The summed E-state index contributed by atoms with van der Waals surface area (Å²) in [6.07, 6.45) is 8.69. The molecule has 4 aromatic rings. The van der Waals surface area contributed by atoms with E-state index in [9.17, 15) is 4.79 Å². The van der Waals surface area contributed by atoms with Crippen LogP contribution >= 0.6 is 0 Å². The van der Waals surface area contributed by atoms with Crippen LogP contribution in [0.3, 0.4) is 0 Å². The van der Waals surface area contributed by atoms with E-state index in [0.29, 0.717) is 53.8 Å². The number of likely N-dealkylation sites (tertiary alicyclic amines) is 1. The van der Waals surface area contributed by atoms with Crippen LogP contribution in [0, 0.1) is 0 Å². The standard InChI is InChI=1S/C27H33N9O3/c1-5-38-26(37)35-10-8-15(9-11-35)17-12-29-24(30-13-17)18-21(34-39-22(18)16-6-7-16)20-19-23(28)31-14-32-25(19)36(33-20)27(2,3)4/h12-16H,5-11H2,1-4H3,(H2,28,31,32). The molecule has 2 fully saturated rings. The van der Waals surface area contributed by atoms with E-state index in [1.54, 1.807) is 4.90 Å². The fourth-order valence-corrected chi connectivity index (χ4v) is 5.20. The Morgan fingerprint density at radius 2 is 1.77 bits per heavy atom. The molecular formula is C27H33N9O3. The molecule has 39 heavy (non-hydrogen) atoms. The molecule has 0 atom stereocenters. The van der Waals surface area contributed by atoms with Crippen LogP contribution in [0.15, 0.2) is 23.2 Å². The zero-order valence-electron chi connectivity index (χ0n) is 22.7. The Bertz CT molecular complexity index is 1510. The minimum Gasteiger partial charge on any atom is -0.450 e. The van der Waals surface area contributed by atoms with E-state index in [1.807, 2.05) is 24.0 Å². The number of ether oxygens (including phenoxy) is 1. The van der Waals surface area contributed by atoms with Gasteiger partial charge in [0.1, 0.15) is 23.5 Å². The van der Waals surface area contributed by atoms with Gasteiger partial charge in [-0.3, -0.25) is 0 Å². The van der Waals surface area contributed by atoms with Gasteiger partial charge in [-0.2, -0.15) is 5.10 Å². The Labute approximate surface area is 226 Å². The van der Waals surface area contributed by atoms with Crippen LogP contribution in [0.2, 0.25) is 0 Å². The van der Waals surface area contributed by atoms with Crippen LogP contribution in [0.5, 0.6) is 0 Å². The number of nitrogens with zero attached hydrogens (tertiary/aromatic N) is 8. The van der Waals surface area contributed by atoms with Crippen LogP contribution in [-0.4, -0.2) is 65.6 Å². The van der Waals surface area contributed by atoms with E-state index in [1.165, 1.54) is 6.33 Å². The van der Waals surface area contributed by atoms with Gasteiger partial charge in [0.2, 0.25) is 0 Å². The van der Waals surface area contributed by atoms with E-state index in [4.69, 9.17) is 30.1 Å². The number of amides is 1. The Morgan fingerprint density at radius 3 is 2.41 bits per heavy atom. The number of carbonyl (C=O) groups is 1. The third-order valence-electron chi connectivity index (χ3n) is 7.41. The van der Waals surface area contributed by atoms with Gasteiger partial charge < -0.3 is 19.9 Å². The van der Waals surface area contributed by atoms with Gasteiger partial charge in [-0.15, -0.1) is 0 Å².